The number of hydrogen-bond acceptors (Lipinski definition) is 11. The summed E-state index contributed by atoms with van der Waals surface area (Å²) in [5.74, 6) is -4.65. The van der Waals surface area contributed by atoms with Gasteiger partial charge in [0.2, 0.25) is 5.72 Å². The molecule has 1 aliphatic heterocycles. The van der Waals surface area contributed by atoms with Gasteiger partial charge in [0.15, 0.2) is 6.30 Å². The number of aromatic amines is 1. The summed E-state index contributed by atoms with van der Waals surface area (Å²) < 4.78 is 24.7. The van der Waals surface area contributed by atoms with E-state index in [1.807, 2.05) is 6.92 Å². The summed E-state index contributed by atoms with van der Waals surface area (Å²) in [6.45, 7) is 2.22. The number of nitrogens with zero attached hydrogens (tertiary/aromatic N) is 2. The molecule has 188 valence electrons. The number of alkyl halides is 1. The number of carbonyl (C=O) groups is 1. The van der Waals surface area contributed by atoms with Crippen molar-refractivity contribution < 1.29 is 44.3 Å². The molecule has 5 atom stereocenters. The monoisotopic (exact) mass is 479 g/mol. The largest absolute Gasteiger partial charge is 0.462 e. The zero-order chi connectivity index (χ0) is 25.0. The Hall–Kier alpha value is -2.20. The minimum Gasteiger partial charge on any atom is -0.462 e. The van der Waals surface area contributed by atoms with E-state index >= 15 is 0 Å². The maximum absolute atomic E-state index is 14.8. The number of halogens is 1. The molecule has 6 N–H and O–H groups in total. The zero-order valence-corrected chi connectivity index (χ0v) is 18.3. The van der Waals surface area contributed by atoms with E-state index in [9.17, 15) is 44.4 Å². The molecule has 0 bridgehead atoms. The number of unbranched alkanes of at least 4 members (excludes halogenated alkanes) is 3. The molecule has 1 aliphatic rings. The number of H-pyrrole nitrogens is 1. The van der Waals surface area contributed by atoms with Crippen molar-refractivity contribution in [2.45, 2.75) is 76.1 Å². The number of carbonyl (C=O) groups excluding carboxylic acids is 1. The van der Waals surface area contributed by atoms with Gasteiger partial charge in [0.05, 0.1) is 13.2 Å². The van der Waals surface area contributed by atoms with E-state index in [1.165, 1.54) is 6.92 Å². The van der Waals surface area contributed by atoms with Crippen molar-refractivity contribution in [3.05, 3.63) is 32.6 Å². The van der Waals surface area contributed by atoms with Gasteiger partial charge < -0.3 is 35.1 Å². The van der Waals surface area contributed by atoms with Crippen molar-refractivity contribution in [3.8, 4) is 0 Å². The summed E-state index contributed by atoms with van der Waals surface area (Å²) in [5, 5.41) is 52.3. The van der Waals surface area contributed by atoms with E-state index in [0.29, 0.717) is 12.6 Å². The molecule has 1 aromatic heterocycles. The third-order valence-electron chi connectivity index (χ3n) is 5.41. The van der Waals surface area contributed by atoms with Gasteiger partial charge in [-0.3, -0.25) is 9.78 Å². The normalized spacial score (nSPS) is 28.3. The molecule has 0 aliphatic carbocycles. The fourth-order valence-corrected chi connectivity index (χ4v) is 3.60. The molecule has 0 radical (unpaired) electrons. The average Bonchev–Trinajstić information content (AvgIpc) is 2.98. The van der Waals surface area contributed by atoms with Crippen LogP contribution in [0.15, 0.2) is 15.8 Å². The lowest BCUT2D eigenvalue weighted by Gasteiger charge is -2.43. The molecule has 1 saturated heterocycles. The highest BCUT2D eigenvalue weighted by atomic mass is 19.1. The number of nitrogens with one attached hydrogen (secondary N) is 1. The number of rotatable bonds is 11. The summed E-state index contributed by atoms with van der Waals surface area (Å²) in [5.41, 5.74) is -6.87. The smallest absolute Gasteiger partial charge is 0.345 e. The number of esters is 1. The molecule has 1 aromatic rings. The molecule has 33 heavy (non-hydrogen) atoms. The van der Waals surface area contributed by atoms with Crippen LogP contribution in [0.25, 0.3) is 0 Å². The Morgan fingerprint density at radius 1 is 1.33 bits per heavy atom. The van der Waals surface area contributed by atoms with Crippen LogP contribution in [0.1, 0.15) is 56.3 Å². The van der Waals surface area contributed by atoms with Gasteiger partial charge in [0.1, 0.15) is 17.8 Å². The lowest BCUT2D eigenvalue weighted by atomic mass is 10.00. The van der Waals surface area contributed by atoms with Gasteiger partial charge in [0.25, 0.3) is 5.56 Å². The van der Waals surface area contributed by atoms with Crippen molar-refractivity contribution in [1.82, 2.24) is 14.6 Å². The Bertz CT molecular complexity index is 939. The van der Waals surface area contributed by atoms with Crippen molar-refractivity contribution in [3.63, 3.8) is 0 Å². The summed E-state index contributed by atoms with van der Waals surface area (Å²) >= 11 is 0. The fraction of sp³-hybridized carbons (Fsp3) is 0.737. The predicted octanol–water partition coefficient (Wildman–Crippen LogP) is -1.29. The lowest BCUT2D eigenvalue weighted by molar-refractivity contribution is -0.428. The van der Waals surface area contributed by atoms with Gasteiger partial charge in [-0.15, -0.1) is 5.06 Å². The standard InChI is InChI=1S/C19H30FN3O10/c1-3-5-6-7-8-13(20)23(31)18(29)14(25)12(10-24)33-19(18,30)22-9-11(16(27)32-4-2)15(26)21-17(22)28/h9,12-14,24-25,29-31H,3-8,10H2,1-2H3,(H,21,26,28)/t12-,13?,14-,18-,19+/m1/s1. The maximum Gasteiger partial charge on any atom is 0.345 e. The number of aliphatic hydroxyl groups excluding tert-OH is 2. The lowest BCUT2D eigenvalue weighted by Crippen LogP contribution is -2.70. The molecule has 2 rings (SSSR count). The molecule has 1 fully saturated rings. The molecule has 2 heterocycles. The van der Waals surface area contributed by atoms with Crippen LogP contribution < -0.4 is 11.2 Å². The van der Waals surface area contributed by atoms with Crippen LogP contribution in [0.2, 0.25) is 0 Å². The summed E-state index contributed by atoms with van der Waals surface area (Å²) in [6.07, 6.45) is -3.79. The summed E-state index contributed by atoms with van der Waals surface area (Å²) in [6, 6.07) is 0. The highest BCUT2D eigenvalue weighted by Crippen LogP contribution is 2.44. The highest BCUT2D eigenvalue weighted by Gasteiger charge is 2.71. The van der Waals surface area contributed by atoms with Crippen LogP contribution >= 0.6 is 0 Å². The molecule has 13 nitrogen and oxygen atoms in total. The maximum atomic E-state index is 14.8. The van der Waals surface area contributed by atoms with E-state index in [1.54, 1.807) is 4.98 Å². The second-order valence-corrected chi connectivity index (χ2v) is 7.64. The molecule has 14 heteroatoms. The Kier molecular flexibility index (Phi) is 8.87. The SMILES string of the molecule is CCCCCCC(F)N(O)[C@@]1(O)[C@H](O)[C@@H](CO)O[C@]1(O)n1cc(C(=O)OCC)c(=O)[nH]c1=O. The van der Waals surface area contributed by atoms with Gasteiger partial charge in [-0.2, -0.15) is 0 Å². The van der Waals surface area contributed by atoms with Crippen LogP contribution in [-0.2, 0) is 15.4 Å². The second-order valence-electron chi connectivity index (χ2n) is 7.64. The first-order chi connectivity index (χ1) is 15.5. The number of ether oxygens (including phenoxy) is 2. The van der Waals surface area contributed by atoms with Crippen LogP contribution in [0, 0.1) is 0 Å². The topological polar surface area (TPSA) is 195 Å². The molecule has 0 spiro atoms. The van der Waals surface area contributed by atoms with Gasteiger partial charge >= 0.3 is 17.6 Å². The second kappa shape index (κ2) is 10.8. The number of hydrogen-bond donors (Lipinski definition) is 6. The van der Waals surface area contributed by atoms with Crippen molar-refractivity contribution in [2.24, 2.45) is 0 Å². The minimum absolute atomic E-state index is 0.0898. The van der Waals surface area contributed by atoms with E-state index in [2.05, 4.69) is 0 Å². The van der Waals surface area contributed by atoms with Crippen LogP contribution in [0.3, 0.4) is 0 Å². The van der Waals surface area contributed by atoms with E-state index in [0.717, 1.165) is 12.8 Å². The van der Waals surface area contributed by atoms with E-state index < -0.39 is 64.6 Å². The molecule has 0 aromatic carbocycles. The predicted molar refractivity (Wildman–Crippen MR) is 108 cm³/mol. The Morgan fingerprint density at radius 2 is 2.00 bits per heavy atom. The van der Waals surface area contributed by atoms with Crippen LogP contribution in [0.4, 0.5) is 4.39 Å². The van der Waals surface area contributed by atoms with Gasteiger partial charge in [-0.1, -0.05) is 26.2 Å². The first kappa shape index (κ1) is 27.0. The first-order valence-corrected chi connectivity index (χ1v) is 10.6. The van der Waals surface area contributed by atoms with Crippen molar-refractivity contribution in [2.75, 3.05) is 13.2 Å². The Labute approximate surface area is 187 Å². The molecule has 1 unspecified atom stereocenters. The quantitative estimate of drug-likeness (QED) is 0.0727. The number of hydroxylamine groups is 2. The van der Waals surface area contributed by atoms with Crippen LogP contribution in [0.5, 0.6) is 0 Å². The summed E-state index contributed by atoms with van der Waals surface area (Å²) in [4.78, 5) is 38.2. The molecular weight excluding hydrogens is 449 g/mol. The van der Waals surface area contributed by atoms with Crippen LogP contribution in [-0.4, -0.2) is 83.7 Å². The summed E-state index contributed by atoms with van der Waals surface area (Å²) in [7, 11) is 0. The molecule has 0 amide bonds. The van der Waals surface area contributed by atoms with Gasteiger partial charge in [0, 0.05) is 6.20 Å². The van der Waals surface area contributed by atoms with Gasteiger partial charge in [-0.05, 0) is 19.8 Å². The Balaban J connectivity index is 2.57. The number of aliphatic hydroxyl groups is 4. The third kappa shape index (κ3) is 4.87. The highest BCUT2D eigenvalue weighted by molar-refractivity contribution is 5.88. The van der Waals surface area contributed by atoms with Gasteiger partial charge in [-0.25, -0.2) is 18.5 Å². The van der Waals surface area contributed by atoms with E-state index in [4.69, 9.17) is 9.47 Å². The average molecular weight is 479 g/mol. The fourth-order valence-electron chi connectivity index (χ4n) is 3.60. The molecular formula is C19H30FN3O10. The molecule has 0 saturated carbocycles. The zero-order valence-electron chi connectivity index (χ0n) is 18.3. The van der Waals surface area contributed by atoms with E-state index in [-0.39, 0.29) is 24.0 Å². The van der Waals surface area contributed by atoms with Crippen molar-refractivity contribution in [1.29, 1.82) is 0 Å². The van der Waals surface area contributed by atoms with Crippen molar-refractivity contribution >= 4 is 5.97 Å². The Morgan fingerprint density at radius 3 is 2.58 bits per heavy atom. The number of aromatic nitrogens is 2. The first-order valence-electron chi connectivity index (χ1n) is 10.6. The third-order valence-corrected chi connectivity index (χ3v) is 5.41. The minimum atomic E-state index is -3.45.